The quantitative estimate of drug-likeness (QED) is 0.856. The second kappa shape index (κ2) is 5.54. The van der Waals surface area contributed by atoms with Crippen molar-refractivity contribution in [3.05, 3.63) is 35.4 Å². The number of carbonyl (C=O) groups excluding carboxylic acids is 1. The molecule has 0 spiro atoms. The van der Waals surface area contributed by atoms with Gasteiger partial charge in [0.25, 0.3) is 0 Å². The Morgan fingerprint density at radius 3 is 2.55 bits per heavy atom. The molecule has 110 valence electrons. The molecule has 4 heteroatoms. The van der Waals surface area contributed by atoms with Gasteiger partial charge in [-0.15, -0.1) is 0 Å². The van der Waals surface area contributed by atoms with Crippen molar-refractivity contribution < 1.29 is 9.90 Å². The van der Waals surface area contributed by atoms with Crippen LogP contribution >= 0.6 is 0 Å². The highest BCUT2D eigenvalue weighted by Gasteiger charge is 2.36. The summed E-state index contributed by atoms with van der Waals surface area (Å²) in [5.74, 6) is -0.0777. The van der Waals surface area contributed by atoms with Crippen molar-refractivity contribution >= 4 is 5.91 Å². The number of aliphatic hydroxyl groups excluding tert-OH is 1. The highest BCUT2D eigenvalue weighted by molar-refractivity contribution is 5.83. The molecule has 0 saturated carbocycles. The van der Waals surface area contributed by atoms with Crippen LogP contribution in [-0.4, -0.2) is 34.6 Å². The molecular formula is C16H24N2O2. The summed E-state index contributed by atoms with van der Waals surface area (Å²) >= 11 is 0. The molecule has 4 nitrogen and oxygen atoms in total. The smallest absolute Gasteiger partial charge is 0.240 e. The number of hydrogen-bond acceptors (Lipinski definition) is 3. The third-order valence-corrected chi connectivity index (χ3v) is 4.05. The Morgan fingerprint density at radius 2 is 2.00 bits per heavy atom. The standard InChI is InChI=1S/C16H24N2O2/c1-16(2,3)14(17)15(20)18-9-12-7-5-4-6-11(12)8-13(18)10-19/h4-7,13-14,19H,8-10,17H2,1-3H3/t13-,14?/m0/s1. The first-order valence-corrected chi connectivity index (χ1v) is 7.08. The SMILES string of the molecule is CC(C)(C)C(N)C(=O)N1Cc2ccccc2C[C@H]1CO. The molecule has 1 aliphatic heterocycles. The van der Waals surface area contributed by atoms with Crippen molar-refractivity contribution in [2.45, 2.75) is 45.8 Å². The van der Waals surface area contributed by atoms with Gasteiger partial charge in [0.05, 0.1) is 18.7 Å². The molecule has 2 rings (SSSR count). The van der Waals surface area contributed by atoms with Crippen LogP contribution in [0.1, 0.15) is 31.9 Å². The van der Waals surface area contributed by atoms with E-state index in [1.807, 2.05) is 39.0 Å². The second-order valence-electron chi connectivity index (χ2n) is 6.62. The van der Waals surface area contributed by atoms with E-state index in [2.05, 4.69) is 6.07 Å². The molecule has 2 atom stereocenters. The van der Waals surface area contributed by atoms with Gasteiger partial charge >= 0.3 is 0 Å². The minimum atomic E-state index is -0.554. The van der Waals surface area contributed by atoms with E-state index < -0.39 is 6.04 Å². The Hall–Kier alpha value is -1.39. The second-order valence-corrected chi connectivity index (χ2v) is 6.62. The molecule has 1 aliphatic rings. The highest BCUT2D eigenvalue weighted by Crippen LogP contribution is 2.26. The third-order valence-electron chi connectivity index (χ3n) is 4.05. The molecule has 0 bridgehead atoms. The summed E-state index contributed by atoms with van der Waals surface area (Å²) in [5, 5.41) is 9.59. The van der Waals surface area contributed by atoms with Crippen LogP contribution < -0.4 is 5.73 Å². The van der Waals surface area contributed by atoms with E-state index in [0.717, 1.165) is 5.56 Å². The summed E-state index contributed by atoms with van der Waals surface area (Å²) in [6.07, 6.45) is 0.690. The Morgan fingerprint density at radius 1 is 1.40 bits per heavy atom. The molecule has 0 aliphatic carbocycles. The zero-order valence-electron chi connectivity index (χ0n) is 12.5. The summed E-state index contributed by atoms with van der Waals surface area (Å²) in [5.41, 5.74) is 8.16. The van der Waals surface area contributed by atoms with Gasteiger partial charge in [0.2, 0.25) is 5.91 Å². The number of rotatable bonds is 2. The maximum absolute atomic E-state index is 12.6. The largest absolute Gasteiger partial charge is 0.394 e. The Balaban J connectivity index is 2.25. The number of hydrogen-bond donors (Lipinski definition) is 2. The topological polar surface area (TPSA) is 66.6 Å². The van der Waals surface area contributed by atoms with Crippen molar-refractivity contribution in [1.82, 2.24) is 4.90 Å². The van der Waals surface area contributed by atoms with Crippen LogP contribution in [0.4, 0.5) is 0 Å². The molecule has 0 aromatic heterocycles. The van der Waals surface area contributed by atoms with E-state index in [9.17, 15) is 9.90 Å². The third kappa shape index (κ3) is 2.86. The molecular weight excluding hydrogens is 252 g/mol. The Kier molecular flexibility index (Phi) is 4.16. The number of aliphatic hydroxyl groups is 1. The number of amides is 1. The first-order chi connectivity index (χ1) is 9.34. The molecule has 3 N–H and O–H groups in total. The van der Waals surface area contributed by atoms with Gasteiger partial charge in [-0.1, -0.05) is 45.0 Å². The lowest BCUT2D eigenvalue weighted by Gasteiger charge is -2.39. The summed E-state index contributed by atoms with van der Waals surface area (Å²) in [4.78, 5) is 14.3. The lowest BCUT2D eigenvalue weighted by Crippen LogP contribution is -2.55. The van der Waals surface area contributed by atoms with Crippen LogP contribution in [0.5, 0.6) is 0 Å². The van der Waals surface area contributed by atoms with E-state index in [-0.39, 0.29) is 24.0 Å². The monoisotopic (exact) mass is 276 g/mol. The summed E-state index contributed by atoms with van der Waals surface area (Å²) in [6, 6.07) is 7.33. The van der Waals surface area contributed by atoms with Gasteiger partial charge < -0.3 is 15.7 Å². The molecule has 0 fully saturated rings. The molecule has 1 amide bonds. The first-order valence-electron chi connectivity index (χ1n) is 7.08. The fourth-order valence-corrected chi connectivity index (χ4v) is 2.56. The normalized spacial score (nSPS) is 20.4. The van der Waals surface area contributed by atoms with Gasteiger partial charge in [0.15, 0.2) is 0 Å². The average molecular weight is 276 g/mol. The van der Waals surface area contributed by atoms with Crippen LogP contribution in [0.15, 0.2) is 24.3 Å². The molecule has 0 saturated heterocycles. The highest BCUT2D eigenvalue weighted by atomic mass is 16.3. The van der Waals surface area contributed by atoms with Crippen molar-refractivity contribution in [3.63, 3.8) is 0 Å². The molecule has 0 radical (unpaired) electrons. The van der Waals surface area contributed by atoms with Gasteiger partial charge in [0, 0.05) is 6.54 Å². The summed E-state index contributed by atoms with van der Waals surface area (Å²) in [6.45, 7) is 6.38. The van der Waals surface area contributed by atoms with Gasteiger partial charge in [-0.05, 0) is 23.0 Å². The van der Waals surface area contributed by atoms with Crippen LogP contribution in [0.2, 0.25) is 0 Å². The fourth-order valence-electron chi connectivity index (χ4n) is 2.56. The number of carbonyl (C=O) groups is 1. The van der Waals surface area contributed by atoms with Crippen LogP contribution in [0.3, 0.4) is 0 Å². The maximum atomic E-state index is 12.6. The fraction of sp³-hybridized carbons (Fsp3) is 0.562. The van der Waals surface area contributed by atoms with E-state index in [1.165, 1.54) is 5.56 Å². The predicted molar refractivity (Wildman–Crippen MR) is 79.0 cm³/mol. The van der Waals surface area contributed by atoms with Gasteiger partial charge in [-0.3, -0.25) is 4.79 Å². The van der Waals surface area contributed by atoms with E-state index >= 15 is 0 Å². The zero-order chi connectivity index (χ0) is 14.9. The van der Waals surface area contributed by atoms with E-state index in [0.29, 0.717) is 13.0 Å². The maximum Gasteiger partial charge on any atom is 0.240 e. The molecule has 20 heavy (non-hydrogen) atoms. The van der Waals surface area contributed by atoms with Crippen LogP contribution in [-0.2, 0) is 17.8 Å². The predicted octanol–water partition coefficient (Wildman–Crippen LogP) is 1.31. The lowest BCUT2D eigenvalue weighted by atomic mass is 9.85. The van der Waals surface area contributed by atoms with Crippen molar-refractivity contribution in [3.8, 4) is 0 Å². The number of benzene rings is 1. The number of nitrogens with two attached hydrogens (primary N) is 1. The first kappa shape index (κ1) is 15.0. The minimum Gasteiger partial charge on any atom is -0.394 e. The van der Waals surface area contributed by atoms with Crippen molar-refractivity contribution in [2.24, 2.45) is 11.1 Å². The van der Waals surface area contributed by atoms with Crippen molar-refractivity contribution in [2.75, 3.05) is 6.61 Å². The Bertz CT molecular complexity index is 493. The minimum absolute atomic E-state index is 0.0308. The van der Waals surface area contributed by atoms with Crippen LogP contribution in [0, 0.1) is 5.41 Å². The van der Waals surface area contributed by atoms with E-state index in [4.69, 9.17) is 5.73 Å². The van der Waals surface area contributed by atoms with Crippen LogP contribution in [0.25, 0.3) is 0 Å². The van der Waals surface area contributed by atoms with Gasteiger partial charge in [-0.25, -0.2) is 0 Å². The molecule has 1 aromatic carbocycles. The number of fused-ring (bicyclic) bond motifs is 1. The summed E-state index contributed by atoms with van der Waals surface area (Å²) < 4.78 is 0. The molecule has 1 heterocycles. The number of nitrogens with zero attached hydrogens (tertiary/aromatic N) is 1. The zero-order valence-corrected chi connectivity index (χ0v) is 12.5. The molecule has 1 aromatic rings. The Labute approximate surface area is 120 Å². The average Bonchev–Trinajstić information content (AvgIpc) is 2.43. The van der Waals surface area contributed by atoms with E-state index in [1.54, 1.807) is 4.90 Å². The lowest BCUT2D eigenvalue weighted by molar-refractivity contribution is -0.139. The van der Waals surface area contributed by atoms with Gasteiger partial charge in [-0.2, -0.15) is 0 Å². The van der Waals surface area contributed by atoms with Crippen molar-refractivity contribution in [1.29, 1.82) is 0 Å². The van der Waals surface area contributed by atoms with Gasteiger partial charge in [0.1, 0.15) is 0 Å². The summed E-state index contributed by atoms with van der Waals surface area (Å²) in [7, 11) is 0. The molecule has 1 unspecified atom stereocenters.